The summed E-state index contributed by atoms with van der Waals surface area (Å²) in [4.78, 5) is 17.2. The molecule has 2 fully saturated rings. The van der Waals surface area contributed by atoms with Gasteiger partial charge in [0.2, 0.25) is 0 Å². The lowest BCUT2D eigenvalue weighted by molar-refractivity contribution is 0.0890. The Morgan fingerprint density at radius 2 is 2.08 bits per heavy atom. The molecule has 2 aromatic rings. The number of nitrogens with zero attached hydrogens (tertiary/aromatic N) is 1. The Hall–Kier alpha value is -1.21. The van der Waals surface area contributed by atoms with Gasteiger partial charge in [-0.05, 0) is 37.5 Å². The van der Waals surface area contributed by atoms with E-state index in [0.717, 1.165) is 17.7 Å². The number of fused-ring (bicyclic) bond motifs is 2. The van der Waals surface area contributed by atoms with Crippen LogP contribution in [0.1, 0.15) is 29.9 Å². The van der Waals surface area contributed by atoms with E-state index in [9.17, 15) is 4.79 Å². The van der Waals surface area contributed by atoms with E-state index in [1.54, 1.807) is 18.2 Å². The van der Waals surface area contributed by atoms with Crippen LogP contribution >= 0.6 is 35.0 Å². The number of hydrogen-bond acceptors (Lipinski definition) is 5. The molecule has 2 bridgehead atoms. The normalized spacial score (nSPS) is 25.2. The standard InChI is InChI=1S/C16H15Cl2N3O2S/c17-8-3-9(18)5-11(4-8)24-14-7-19-16(23-14)15(22)21-13-6-10-1-2-12(13)20-10/h3-5,7,10,12-13,20H,1-2,6H2,(H,21,22). The fourth-order valence-corrected chi connectivity index (χ4v) is 4.81. The summed E-state index contributed by atoms with van der Waals surface area (Å²) < 4.78 is 5.55. The molecule has 1 aromatic heterocycles. The Bertz CT molecular complexity index is 762. The van der Waals surface area contributed by atoms with Crippen molar-refractivity contribution in [1.82, 2.24) is 15.6 Å². The zero-order chi connectivity index (χ0) is 16.7. The van der Waals surface area contributed by atoms with Crippen LogP contribution in [0.3, 0.4) is 0 Å². The van der Waals surface area contributed by atoms with Crippen LogP contribution in [-0.4, -0.2) is 29.0 Å². The highest BCUT2D eigenvalue weighted by Gasteiger charge is 2.40. The highest BCUT2D eigenvalue weighted by molar-refractivity contribution is 7.99. The maximum absolute atomic E-state index is 12.3. The molecule has 0 radical (unpaired) electrons. The first-order chi connectivity index (χ1) is 11.6. The van der Waals surface area contributed by atoms with Crippen molar-refractivity contribution in [2.45, 2.75) is 47.4 Å². The Balaban J connectivity index is 1.41. The van der Waals surface area contributed by atoms with E-state index in [2.05, 4.69) is 15.6 Å². The van der Waals surface area contributed by atoms with E-state index in [1.165, 1.54) is 24.4 Å². The Morgan fingerprint density at radius 3 is 2.75 bits per heavy atom. The fraction of sp³-hybridized carbons (Fsp3) is 0.375. The minimum absolute atomic E-state index is 0.0772. The summed E-state index contributed by atoms with van der Waals surface area (Å²) in [5.41, 5.74) is 0. The monoisotopic (exact) mass is 383 g/mol. The third-order valence-corrected chi connectivity index (χ3v) is 5.65. The number of benzene rings is 1. The van der Waals surface area contributed by atoms with Crippen LogP contribution in [0.5, 0.6) is 0 Å². The molecule has 8 heteroatoms. The van der Waals surface area contributed by atoms with Crippen LogP contribution in [0.25, 0.3) is 0 Å². The predicted octanol–water partition coefficient (Wildman–Crippen LogP) is 3.76. The van der Waals surface area contributed by atoms with Gasteiger partial charge in [-0.2, -0.15) is 0 Å². The SMILES string of the molecule is O=C(NC1CC2CCC1N2)c1ncc(Sc2cc(Cl)cc(Cl)c2)o1. The molecule has 2 N–H and O–H groups in total. The van der Waals surface area contributed by atoms with Gasteiger partial charge in [-0.15, -0.1) is 0 Å². The van der Waals surface area contributed by atoms with E-state index in [-0.39, 0.29) is 17.8 Å². The summed E-state index contributed by atoms with van der Waals surface area (Å²) in [6.45, 7) is 0. The molecule has 126 valence electrons. The largest absolute Gasteiger partial charge is 0.425 e. The Morgan fingerprint density at radius 1 is 1.29 bits per heavy atom. The summed E-state index contributed by atoms with van der Waals surface area (Å²) in [5.74, 6) is -0.196. The first kappa shape index (κ1) is 16.3. The van der Waals surface area contributed by atoms with Crippen molar-refractivity contribution in [1.29, 1.82) is 0 Å². The maximum atomic E-state index is 12.3. The summed E-state index contributed by atoms with van der Waals surface area (Å²) in [6.07, 6.45) is 4.81. The third kappa shape index (κ3) is 3.42. The van der Waals surface area contributed by atoms with Crippen LogP contribution in [0.4, 0.5) is 0 Å². The second kappa shape index (κ2) is 6.59. The van der Waals surface area contributed by atoms with Gasteiger partial charge in [-0.25, -0.2) is 4.98 Å². The third-order valence-electron chi connectivity index (χ3n) is 4.35. The van der Waals surface area contributed by atoms with E-state index < -0.39 is 0 Å². The molecule has 0 saturated carbocycles. The molecular weight excluding hydrogens is 369 g/mol. The van der Waals surface area contributed by atoms with Crippen molar-refractivity contribution in [3.63, 3.8) is 0 Å². The van der Waals surface area contributed by atoms with Gasteiger partial charge in [0.05, 0.1) is 6.20 Å². The number of hydrogen-bond donors (Lipinski definition) is 2. The van der Waals surface area contributed by atoms with E-state index in [4.69, 9.17) is 27.6 Å². The van der Waals surface area contributed by atoms with Crippen LogP contribution in [-0.2, 0) is 0 Å². The number of halogens is 2. The van der Waals surface area contributed by atoms with Gasteiger partial charge < -0.3 is 15.1 Å². The van der Waals surface area contributed by atoms with Gasteiger partial charge in [-0.3, -0.25) is 4.79 Å². The number of aromatic nitrogens is 1. The molecule has 5 nitrogen and oxygen atoms in total. The summed E-state index contributed by atoms with van der Waals surface area (Å²) in [6, 6.07) is 6.28. The zero-order valence-corrected chi connectivity index (χ0v) is 14.9. The molecule has 0 aliphatic carbocycles. The van der Waals surface area contributed by atoms with Crippen molar-refractivity contribution >= 4 is 40.9 Å². The van der Waals surface area contributed by atoms with Gasteiger partial charge >= 0.3 is 5.91 Å². The van der Waals surface area contributed by atoms with Gasteiger partial charge in [0.15, 0.2) is 5.09 Å². The lowest BCUT2D eigenvalue weighted by atomic mass is 9.95. The van der Waals surface area contributed by atoms with Crippen molar-refractivity contribution in [3.8, 4) is 0 Å². The van der Waals surface area contributed by atoms with Crippen LogP contribution in [0.2, 0.25) is 10.0 Å². The van der Waals surface area contributed by atoms with Gasteiger partial charge in [0, 0.05) is 33.1 Å². The highest BCUT2D eigenvalue weighted by atomic mass is 35.5. The van der Waals surface area contributed by atoms with Gasteiger partial charge in [-0.1, -0.05) is 35.0 Å². The lowest BCUT2D eigenvalue weighted by Crippen LogP contribution is -2.43. The molecule has 1 aromatic carbocycles. The molecule has 4 rings (SSSR count). The molecule has 2 aliphatic heterocycles. The first-order valence-corrected chi connectivity index (χ1v) is 9.31. The number of nitrogens with one attached hydrogen (secondary N) is 2. The Kier molecular flexibility index (Phi) is 4.47. The molecule has 24 heavy (non-hydrogen) atoms. The molecule has 2 aliphatic rings. The van der Waals surface area contributed by atoms with Gasteiger partial charge in [0.1, 0.15) is 0 Å². The molecule has 3 heterocycles. The van der Waals surface area contributed by atoms with Gasteiger partial charge in [0.25, 0.3) is 5.89 Å². The van der Waals surface area contributed by atoms with Crippen molar-refractivity contribution < 1.29 is 9.21 Å². The van der Waals surface area contributed by atoms with Crippen molar-refractivity contribution in [2.75, 3.05) is 0 Å². The van der Waals surface area contributed by atoms with E-state index in [0.29, 0.717) is 27.2 Å². The first-order valence-electron chi connectivity index (χ1n) is 7.73. The summed E-state index contributed by atoms with van der Waals surface area (Å²) >= 11 is 13.3. The second-order valence-electron chi connectivity index (χ2n) is 6.05. The smallest absolute Gasteiger partial charge is 0.307 e. The lowest BCUT2D eigenvalue weighted by Gasteiger charge is -2.20. The zero-order valence-electron chi connectivity index (χ0n) is 12.6. The van der Waals surface area contributed by atoms with Crippen molar-refractivity contribution in [3.05, 3.63) is 40.3 Å². The number of oxazole rings is 1. The predicted molar refractivity (Wildman–Crippen MR) is 92.9 cm³/mol. The number of amides is 1. The molecule has 0 spiro atoms. The minimum atomic E-state index is -0.273. The molecule has 1 amide bonds. The second-order valence-corrected chi connectivity index (χ2v) is 8.01. The van der Waals surface area contributed by atoms with Crippen molar-refractivity contribution in [2.24, 2.45) is 0 Å². The average molecular weight is 384 g/mol. The number of rotatable bonds is 4. The average Bonchev–Trinajstić information content (AvgIpc) is 3.22. The highest BCUT2D eigenvalue weighted by Crippen LogP contribution is 2.33. The quantitative estimate of drug-likeness (QED) is 0.841. The summed E-state index contributed by atoms with van der Waals surface area (Å²) in [7, 11) is 0. The number of carbonyl (C=O) groups is 1. The van der Waals surface area contributed by atoms with Crippen LogP contribution < -0.4 is 10.6 Å². The topological polar surface area (TPSA) is 67.2 Å². The van der Waals surface area contributed by atoms with Crippen LogP contribution in [0.15, 0.2) is 38.8 Å². The minimum Gasteiger partial charge on any atom is -0.425 e. The van der Waals surface area contributed by atoms with E-state index >= 15 is 0 Å². The molecule has 2 saturated heterocycles. The Labute approximate surface area is 153 Å². The summed E-state index contributed by atoms with van der Waals surface area (Å²) in [5, 5.41) is 8.11. The van der Waals surface area contributed by atoms with E-state index in [1.807, 2.05) is 0 Å². The molecular formula is C16H15Cl2N3O2S. The molecule has 3 atom stereocenters. The molecule has 3 unspecified atom stereocenters. The maximum Gasteiger partial charge on any atom is 0.307 e. The number of carbonyl (C=O) groups excluding carboxylic acids is 1. The fourth-order valence-electron chi connectivity index (χ4n) is 3.33. The van der Waals surface area contributed by atoms with Crippen LogP contribution in [0, 0.1) is 0 Å².